The fourth-order valence-corrected chi connectivity index (χ4v) is 2.68. The Morgan fingerprint density at radius 3 is 2.77 bits per heavy atom. The van der Waals surface area contributed by atoms with Crippen LogP contribution in [0.4, 0.5) is 15.9 Å². The summed E-state index contributed by atoms with van der Waals surface area (Å²) in [7, 11) is 0. The molecule has 7 heteroatoms. The summed E-state index contributed by atoms with van der Waals surface area (Å²) in [6.45, 7) is 0.236. The zero-order chi connectivity index (χ0) is 18.5. The van der Waals surface area contributed by atoms with Crippen molar-refractivity contribution in [2.75, 3.05) is 11.1 Å². The van der Waals surface area contributed by atoms with Crippen LogP contribution in [0.5, 0.6) is 0 Å². The van der Waals surface area contributed by atoms with Gasteiger partial charge in [0.15, 0.2) is 5.78 Å². The van der Waals surface area contributed by atoms with E-state index in [1.165, 1.54) is 6.07 Å². The van der Waals surface area contributed by atoms with E-state index in [4.69, 9.17) is 5.73 Å². The van der Waals surface area contributed by atoms with Crippen LogP contribution in [0.2, 0.25) is 0 Å². The van der Waals surface area contributed by atoms with Gasteiger partial charge in [0.25, 0.3) is 0 Å². The number of hydrogen-bond acceptors (Lipinski definition) is 5. The predicted molar refractivity (Wildman–Crippen MR) is 102 cm³/mol. The van der Waals surface area contributed by atoms with Crippen LogP contribution in [0.25, 0.3) is 0 Å². The van der Waals surface area contributed by atoms with Gasteiger partial charge in [-0.1, -0.05) is 12.1 Å². The maximum atomic E-state index is 14.1. The maximum Gasteiger partial charge on any atom is 0.185 e. The maximum absolute atomic E-state index is 14.1. The third-order valence-electron chi connectivity index (χ3n) is 3.80. The Hall–Kier alpha value is -2.80. The Morgan fingerprint density at radius 1 is 1.19 bits per heavy atom. The Bertz CT molecular complexity index is 931. The van der Waals surface area contributed by atoms with E-state index >= 15 is 0 Å². The van der Waals surface area contributed by atoms with E-state index in [9.17, 15) is 9.18 Å². The second-order valence-electron chi connectivity index (χ2n) is 5.68. The molecule has 0 fully saturated rings. The van der Waals surface area contributed by atoms with Gasteiger partial charge in [-0.3, -0.25) is 9.78 Å². The van der Waals surface area contributed by atoms with E-state index in [2.05, 4.69) is 31.2 Å². The third kappa shape index (κ3) is 4.43. The molecule has 3 rings (SSSR count). The average Bonchev–Trinajstić information content (AvgIpc) is 2.64. The highest BCUT2D eigenvalue weighted by Gasteiger charge is 2.11. The Balaban J connectivity index is 1.72. The molecule has 0 atom stereocenters. The quantitative estimate of drug-likeness (QED) is 0.595. The number of benzene rings is 1. The van der Waals surface area contributed by atoms with E-state index in [0.717, 1.165) is 10.0 Å². The van der Waals surface area contributed by atoms with Crippen LogP contribution in [-0.2, 0) is 13.0 Å². The molecule has 2 aromatic heterocycles. The minimum atomic E-state index is -0.349. The second kappa shape index (κ2) is 8.05. The molecule has 0 unspecified atom stereocenters. The molecule has 3 aromatic rings. The number of pyridine rings is 2. The van der Waals surface area contributed by atoms with E-state index in [-0.39, 0.29) is 24.6 Å². The number of nitrogens with one attached hydrogen (secondary N) is 1. The summed E-state index contributed by atoms with van der Waals surface area (Å²) >= 11 is 3.28. The van der Waals surface area contributed by atoms with Crippen molar-refractivity contribution in [3.8, 4) is 0 Å². The summed E-state index contributed by atoms with van der Waals surface area (Å²) in [5.41, 5.74) is 7.94. The van der Waals surface area contributed by atoms with Crippen LogP contribution in [0.15, 0.2) is 59.3 Å². The first-order valence-corrected chi connectivity index (χ1v) is 8.68. The summed E-state index contributed by atoms with van der Waals surface area (Å²) in [6.07, 6.45) is 3.31. The molecular formula is C19H16BrFN4O. The molecule has 5 nitrogen and oxygen atoms in total. The van der Waals surface area contributed by atoms with Crippen LogP contribution in [0.3, 0.4) is 0 Å². The highest BCUT2D eigenvalue weighted by Crippen LogP contribution is 2.18. The number of anilines is 2. The van der Waals surface area contributed by atoms with Crippen molar-refractivity contribution < 1.29 is 9.18 Å². The number of nitrogen functional groups attached to an aromatic ring is 1. The number of nitrogens with zero attached hydrogens (tertiary/aromatic N) is 2. The van der Waals surface area contributed by atoms with E-state index in [1.54, 1.807) is 48.8 Å². The molecule has 0 saturated heterocycles. The number of halogens is 2. The molecule has 0 aliphatic rings. The summed E-state index contributed by atoms with van der Waals surface area (Å²) in [5, 5.41) is 3.06. The first-order valence-electron chi connectivity index (χ1n) is 7.89. The van der Waals surface area contributed by atoms with Crippen LogP contribution in [0, 0.1) is 5.82 Å². The molecule has 0 amide bonds. The molecule has 26 heavy (non-hydrogen) atoms. The first-order chi connectivity index (χ1) is 12.5. The van der Waals surface area contributed by atoms with Crippen molar-refractivity contribution in [3.05, 3.63) is 82.0 Å². The van der Waals surface area contributed by atoms with Crippen molar-refractivity contribution in [1.29, 1.82) is 0 Å². The van der Waals surface area contributed by atoms with Crippen LogP contribution in [0.1, 0.15) is 21.6 Å². The van der Waals surface area contributed by atoms with Crippen LogP contribution < -0.4 is 11.1 Å². The summed E-state index contributed by atoms with van der Waals surface area (Å²) in [4.78, 5) is 20.4. The van der Waals surface area contributed by atoms with Gasteiger partial charge >= 0.3 is 0 Å². The smallest absolute Gasteiger partial charge is 0.185 e. The van der Waals surface area contributed by atoms with Gasteiger partial charge in [0.1, 0.15) is 17.3 Å². The fourth-order valence-electron chi connectivity index (χ4n) is 2.45. The van der Waals surface area contributed by atoms with Crippen molar-refractivity contribution >= 4 is 33.2 Å². The van der Waals surface area contributed by atoms with E-state index in [0.29, 0.717) is 22.8 Å². The largest absolute Gasteiger partial charge is 0.382 e. The summed E-state index contributed by atoms with van der Waals surface area (Å²) in [6, 6.07) is 11.6. The predicted octanol–water partition coefficient (Wildman–Crippen LogP) is 4.00. The second-order valence-corrected chi connectivity index (χ2v) is 6.59. The topological polar surface area (TPSA) is 80.9 Å². The first kappa shape index (κ1) is 18.0. The molecule has 1 aromatic carbocycles. The highest BCUT2D eigenvalue weighted by atomic mass is 79.9. The van der Waals surface area contributed by atoms with Crippen molar-refractivity contribution in [1.82, 2.24) is 9.97 Å². The lowest BCUT2D eigenvalue weighted by Gasteiger charge is -2.10. The lowest BCUT2D eigenvalue weighted by Crippen LogP contribution is -2.08. The number of carbonyl (C=O) groups is 1. The van der Waals surface area contributed by atoms with Gasteiger partial charge in [0.2, 0.25) is 0 Å². The molecule has 0 saturated carbocycles. The Morgan fingerprint density at radius 2 is 2.04 bits per heavy atom. The number of nitrogens with two attached hydrogens (primary N) is 1. The van der Waals surface area contributed by atoms with Gasteiger partial charge in [0.05, 0.1) is 5.69 Å². The SMILES string of the molecule is Nc1ncccc1NCc1cc(CC(=O)c2ccc(Br)cn2)ccc1F. The molecule has 0 radical (unpaired) electrons. The van der Waals surface area contributed by atoms with E-state index in [1.807, 2.05) is 0 Å². The normalized spacial score (nSPS) is 10.5. The number of Topliss-reactive ketones (excluding diaryl/α,β-unsaturated/α-hetero) is 1. The molecule has 0 aliphatic heterocycles. The molecule has 0 aliphatic carbocycles. The third-order valence-corrected chi connectivity index (χ3v) is 4.26. The lowest BCUT2D eigenvalue weighted by molar-refractivity contribution is 0.0988. The fraction of sp³-hybridized carbons (Fsp3) is 0.105. The minimum Gasteiger partial charge on any atom is -0.382 e. The molecule has 0 spiro atoms. The summed E-state index contributed by atoms with van der Waals surface area (Å²) < 4.78 is 14.9. The molecule has 0 bridgehead atoms. The number of rotatable bonds is 6. The molecule has 132 valence electrons. The van der Waals surface area contributed by atoms with Gasteiger partial charge in [-0.05, 0) is 51.8 Å². The Labute approximate surface area is 158 Å². The zero-order valence-electron chi connectivity index (χ0n) is 13.7. The van der Waals surface area contributed by atoms with Crippen molar-refractivity contribution in [3.63, 3.8) is 0 Å². The van der Waals surface area contributed by atoms with Crippen molar-refractivity contribution in [2.24, 2.45) is 0 Å². The number of ketones is 1. The molecular weight excluding hydrogens is 399 g/mol. The van der Waals surface area contributed by atoms with Gasteiger partial charge in [-0.2, -0.15) is 0 Å². The van der Waals surface area contributed by atoms with Gasteiger partial charge < -0.3 is 11.1 Å². The lowest BCUT2D eigenvalue weighted by atomic mass is 10.0. The van der Waals surface area contributed by atoms with Gasteiger partial charge in [-0.15, -0.1) is 0 Å². The number of carbonyl (C=O) groups excluding carboxylic acids is 1. The zero-order valence-corrected chi connectivity index (χ0v) is 15.3. The number of aromatic nitrogens is 2. The van der Waals surface area contributed by atoms with Crippen molar-refractivity contribution in [2.45, 2.75) is 13.0 Å². The van der Waals surface area contributed by atoms with E-state index < -0.39 is 0 Å². The summed E-state index contributed by atoms with van der Waals surface area (Å²) in [5.74, 6) is -0.127. The number of hydrogen-bond donors (Lipinski definition) is 2. The van der Waals surface area contributed by atoms with Crippen LogP contribution in [-0.4, -0.2) is 15.8 Å². The monoisotopic (exact) mass is 414 g/mol. The van der Waals surface area contributed by atoms with Gasteiger partial charge in [0, 0.05) is 35.4 Å². The highest BCUT2D eigenvalue weighted by molar-refractivity contribution is 9.10. The van der Waals surface area contributed by atoms with Crippen LogP contribution >= 0.6 is 15.9 Å². The average molecular weight is 415 g/mol. The molecule has 2 heterocycles. The minimum absolute atomic E-state index is 0.125. The Kier molecular flexibility index (Phi) is 5.58. The standard InChI is InChI=1S/C19H16BrFN4O/c20-14-4-6-16(25-11-14)18(26)9-12-3-5-15(21)13(8-12)10-24-17-2-1-7-23-19(17)22/h1-8,11,24H,9-10H2,(H2,22,23). The molecule has 3 N–H and O–H groups in total. The van der Waals surface area contributed by atoms with Gasteiger partial charge in [-0.25, -0.2) is 9.37 Å².